The maximum absolute atomic E-state index is 12.3. The van der Waals surface area contributed by atoms with Crippen LogP contribution in [-0.4, -0.2) is 38.3 Å². The normalized spacial score (nSPS) is 31.2. The Morgan fingerprint density at radius 1 is 1.20 bits per heavy atom. The summed E-state index contributed by atoms with van der Waals surface area (Å²) in [6.07, 6.45) is 1.08. The third-order valence-electron chi connectivity index (χ3n) is 5.87. The number of amides is 1. The van der Waals surface area contributed by atoms with E-state index in [2.05, 4.69) is 45.3 Å². The second-order valence-corrected chi connectivity index (χ2v) is 7.45. The molecule has 2 atom stereocenters. The molecule has 0 aromatic rings. The van der Waals surface area contributed by atoms with Crippen molar-refractivity contribution in [2.75, 3.05) is 26.3 Å². The number of nitrogens with one attached hydrogen (secondary N) is 2. The maximum Gasteiger partial charge on any atom is 0.227 e. The molecule has 4 nitrogen and oxygen atoms in total. The molecule has 1 saturated heterocycles. The van der Waals surface area contributed by atoms with Gasteiger partial charge in [0.25, 0.3) is 0 Å². The number of ether oxygens (including phenoxy) is 1. The number of carbonyl (C=O) groups is 1. The molecule has 1 saturated carbocycles. The second-order valence-electron chi connectivity index (χ2n) is 7.45. The zero-order valence-electron chi connectivity index (χ0n) is 13.6. The first-order valence-corrected chi connectivity index (χ1v) is 7.91. The van der Waals surface area contributed by atoms with Gasteiger partial charge in [-0.1, -0.05) is 34.6 Å². The van der Waals surface area contributed by atoms with E-state index in [1.807, 2.05) is 0 Å². The molecule has 2 unspecified atom stereocenters. The van der Waals surface area contributed by atoms with Crippen molar-refractivity contribution in [3.63, 3.8) is 0 Å². The number of hydrogen-bond acceptors (Lipinski definition) is 3. The lowest BCUT2D eigenvalue weighted by Crippen LogP contribution is -2.44. The molecule has 1 aliphatic heterocycles. The average molecular weight is 282 g/mol. The Bertz CT molecular complexity index is 351. The second kappa shape index (κ2) is 5.64. The summed E-state index contributed by atoms with van der Waals surface area (Å²) in [5.41, 5.74) is 0.651. The van der Waals surface area contributed by atoms with Crippen molar-refractivity contribution in [1.82, 2.24) is 10.6 Å². The van der Waals surface area contributed by atoms with Crippen LogP contribution in [0.1, 0.15) is 41.0 Å². The molecule has 0 radical (unpaired) electrons. The van der Waals surface area contributed by atoms with Crippen LogP contribution in [-0.2, 0) is 9.53 Å². The van der Waals surface area contributed by atoms with Crippen molar-refractivity contribution >= 4 is 5.91 Å². The van der Waals surface area contributed by atoms with Gasteiger partial charge in [-0.3, -0.25) is 4.79 Å². The van der Waals surface area contributed by atoms with Gasteiger partial charge in [-0.2, -0.15) is 0 Å². The monoisotopic (exact) mass is 282 g/mol. The van der Waals surface area contributed by atoms with Crippen LogP contribution in [0.25, 0.3) is 0 Å². The van der Waals surface area contributed by atoms with Crippen molar-refractivity contribution in [1.29, 1.82) is 0 Å². The standard InChI is InChI=1S/C16H30N2O2/c1-6-7-17-12-10-20-9-11(12)14(19)18-8-13-15(2,3)16(13,4)5/h11-13,17H,6-10H2,1-5H3,(H,18,19). The Labute approximate surface area is 123 Å². The van der Waals surface area contributed by atoms with E-state index in [-0.39, 0.29) is 17.9 Å². The highest BCUT2D eigenvalue weighted by Gasteiger charge is 2.64. The van der Waals surface area contributed by atoms with E-state index in [1.165, 1.54) is 0 Å². The van der Waals surface area contributed by atoms with Gasteiger partial charge in [0.05, 0.1) is 19.1 Å². The molecule has 2 fully saturated rings. The molecule has 20 heavy (non-hydrogen) atoms. The SMILES string of the molecule is CCCNC1COCC1C(=O)NCC1C(C)(C)C1(C)C. The molecular formula is C16H30N2O2. The van der Waals surface area contributed by atoms with Crippen LogP contribution in [0, 0.1) is 22.7 Å². The van der Waals surface area contributed by atoms with Gasteiger partial charge in [-0.15, -0.1) is 0 Å². The molecule has 0 aromatic carbocycles. The van der Waals surface area contributed by atoms with Crippen molar-refractivity contribution in [2.45, 2.75) is 47.1 Å². The van der Waals surface area contributed by atoms with E-state index in [9.17, 15) is 4.79 Å². The van der Waals surface area contributed by atoms with Crippen molar-refractivity contribution < 1.29 is 9.53 Å². The van der Waals surface area contributed by atoms with Crippen molar-refractivity contribution in [3.8, 4) is 0 Å². The first-order chi connectivity index (χ1) is 9.32. The van der Waals surface area contributed by atoms with E-state index < -0.39 is 0 Å². The van der Waals surface area contributed by atoms with E-state index >= 15 is 0 Å². The Hall–Kier alpha value is -0.610. The molecule has 0 aromatic heterocycles. The molecule has 1 heterocycles. The summed E-state index contributed by atoms with van der Waals surface area (Å²) in [6.45, 7) is 14.2. The van der Waals surface area contributed by atoms with Gasteiger partial charge in [0, 0.05) is 12.6 Å². The van der Waals surface area contributed by atoms with Crippen LogP contribution >= 0.6 is 0 Å². The topological polar surface area (TPSA) is 50.4 Å². The van der Waals surface area contributed by atoms with Gasteiger partial charge in [0.1, 0.15) is 0 Å². The summed E-state index contributed by atoms with van der Waals surface area (Å²) in [6, 6.07) is 0.176. The number of hydrogen-bond donors (Lipinski definition) is 2. The minimum atomic E-state index is -0.0356. The lowest BCUT2D eigenvalue weighted by Gasteiger charge is -2.18. The third-order valence-corrected chi connectivity index (χ3v) is 5.87. The highest BCUT2D eigenvalue weighted by Crippen LogP contribution is 2.67. The van der Waals surface area contributed by atoms with Crippen molar-refractivity contribution in [3.05, 3.63) is 0 Å². The number of carbonyl (C=O) groups excluding carboxylic acids is 1. The van der Waals surface area contributed by atoms with Crippen LogP contribution in [0.3, 0.4) is 0 Å². The summed E-state index contributed by atoms with van der Waals surface area (Å²) < 4.78 is 5.47. The van der Waals surface area contributed by atoms with Crippen LogP contribution in [0.15, 0.2) is 0 Å². The van der Waals surface area contributed by atoms with E-state index in [0.29, 0.717) is 30.0 Å². The molecule has 1 amide bonds. The Kier molecular flexibility index (Phi) is 4.45. The van der Waals surface area contributed by atoms with Gasteiger partial charge in [-0.05, 0) is 29.7 Å². The first kappa shape index (κ1) is 15.8. The average Bonchev–Trinajstić information content (AvgIpc) is 2.75. The van der Waals surface area contributed by atoms with Crippen LogP contribution in [0.2, 0.25) is 0 Å². The summed E-state index contributed by atoms with van der Waals surface area (Å²) in [7, 11) is 0. The van der Waals surface area contributed by atoms with E-state index in [4.69, 9.17) is 4.74 Å². The molecule has 2 rings (SSSR count). The van der Waals surface area contributed by atoms with Crippen molar-refractivity contribution in [2.24, 2.45) is 22.7 Å². The molecule has 0 spiro atoms. The molecule has 1 aliphatic carbocycles. The Morgan fingerprint density at radius 3 is 2.40 bits per heavy atom. The predicted octanol–water partition coefficient (Wildman–Crippen LogP) is 1.80. The fraction of sp³-hybridized carbons (Fsp3) is 0.938. The van der Waals surface area contributed by atoms with E-state index in [1.54, 1.807) is 0 Å². The van der Waals surface area contributed by atoms with Crippen LogP contribution in [0.4, 0.5) is 0 Å². The minimum Gasteiger partial charge on any atom is -0.379 e. The summed E-state index contributed by atoms with van der Waals surface area (Å²) in [4.78, 5) is 12.3. The summed E-state index contributed by atoms with van der Waals surface area (Å²) in [5.74, 6) is 0.685. The lowest BCUT2D eigenvalue weighted by molar-refractivity contribution is -0.125. The van der Waals surface area contributed by atoms with Gasteiger partial charge in [0.2, 0.25) is 5.91 Å². The van der Waals surface area contributed by atoms with Gasteiger partial charge in [0.15, 0.2) is 0 Å². The molecule has 2 aliphatic rings. The zero-order valence-corrected chi connectivity index (χ0v) is 13.6. The molecule has 4 heteroatoms. The quantitative estimate of drug-likeness (QED) is 0.781. The predicted molar refractivity (Wildman–Crippen MR) is 80.5 cm³/mol. The summed E-state index contributed by atoms with van der Waals surface area (Å²) >= 11 is 0. The van der Waals surface area contributed by atoms with Gasteiger partial charge < -0.3 is 15.4 Å². The highest BCUT2D eigenvalue weighted by molar-refractivity contribution is 5.80. The summed E-state index contributed by atoms with van der Waals surface area (Å²) in [5, 5.41) is 6.56. The maximum atomic E-state index is 12.3. The Balaban J connectivity index is 1.80. The largest absolute Gasteiger partial charge is 0.379 e. The van der Waals surface area contributed by atoms with Gasteiger partial charge in [-0.25, -0.2) is 0 Å². The molecule has 2 N–H and O–H groups in total. The number of rotatable bonds is 6. The lowest BCUT2D eigenvalue weighted by atomic mass is 10.0. The molecule has 116 valence electrons. The highest BCUT2D eigenvalue weighted by atomic mass is 16.5. The van der Waals surface area contributed by atoms with Crippen LogP contribution < -0.4 is 10.6 Å². The van der Waals surface area contributed by atoms with Gasteiger partial charge >= 0.3 is 0 Å². The minimum absolute atomic E-state index is 0.0356. The zero-order chi connectivity index (χ0) is 15.0. The Morgan fingerprint density at radius 2 is 1.85 bits per heavy atom. The molecular weight excluding hydrogens is 252 g/mol. The fourth-order valence-electron chi connectivity index (χ4n) is 3.52. The first-order valence-electron chi connectivity index (χ1n) is 7.91. The third kappa shape index (κ3) is 2.73. The van der Waals surface area contributed by atoms with Crippen LogP contribution in [0.5, 0.6) is 0 Å². The van der Waals surface area contributed by atoms with E-state index in [0.717, 1.165) is 19.5 Å². The smallest absolute Gasteiger partial charge is 0.227 e. The molecule has 0 bridgehead atoms. The fourth-order valence-corrected chi connectivity index (χ4v) is 3.52.